The van der Waals surface area contributed by atoms with E-state index in [9.17, 15) is 4.79 Å². The topological polar surface area (TPSA) is 81.7 Å². The van der Waals surface area contributed by atoms with E-state index in [-0.39, 0.29) is 12.6 Å². The maximum absolute atomic E-state index is 14.0. The van der Waals surface area contributed by atoms with Gasteiger partial charge in [-0.15, -0.1) is 0 Å². The normalized spacial score (nSPS) is 11.6. The van der Waals surface area contributed by atoms with Crippen molar-refractivity contribution in [1.82, 2.24) is 0 Å². The summed E-state index contributed by atoms with van der Waals surface area (Å²) in [4.78, 5) is 14.0. The van der Waals surface area contributed by atoms with E-state index in [2.05, 4.69) is 20.8 Å². The van der Waals surface area contributed by atoms with Gasteiger partial charge in [-0.05, 0) is 79.3 Å². The minimum Gasteiger partial charge on any atom is -0.493 e. The number of carbonyl (C=O) groups is 1. The molecule has 46 heavy (non-hydrogen) atoms. The molecule has 0 aliphatic rings. The Kier molecular flexibility index (Phi) is 15.4. The van der Waals surface area contributed by atoms with Crippen LogP contribution in [-0.4, -0.2) is 53.7 Å². The van der Waals surface area contributed by atoms with Gasteiger partial charge in [0.2, 0.25) is 0 Å². The quantitative estimate of drug-likeness (QED) is 0.0848. The highest BCUT2D eigenvalue weighted by atomic mass is 16.5. The molecule has 0 spiro atoms. The Labute approximate surface area is 275 Å². The Bertz CT molecular complexity index is 1290. The first kappa shape index (κ1) is 36.4. The van der Waals surface area contributed by atoms with Gasteiger partial charge in [-0.25, -0.2) is 0 Å². The Balaban J connectivity index is 2.22. The zero-order valence-electron chi connectivity index (χ0n) is 28.7. The molecule has 0 bridgehead atoms. The third-order valence-electron chi connectivity index (χ3n) is 7.78. The van der Waals surface area contributed by atoms with E-state index in [1.807, 2.05) is 61.5 Å². The average molecular weight is 637 g/mol. The van der Waals surface area contributed by atoms with Crippen molar-refractivity contribution < 1.29 is 38.0 Å². The van der Waals surface area contributed by atoms with Gasteiger partial charge in [0, 0.05) is 5.92 Å². The fraction of sp³-hybridized carbons (Fsp3) is 0.500. The number of ether oxygens (including phenoxy) is 7. The lowest BCUT2D eigenvalue weighted by Crippen LogP contribution is -2.24. The second-order valence-electron chi connectivity index (χ2n) is 11.0. The molecule has 0 aromatic heterocycles. The third-order valence-corrected chi connectivity index (χ3v) is 7.78. The molecule has 0 saturated heterocycles. The standard InChI is InChI=1S/C38H52O8/c1-8-12-21-44-30-18-15-27(24-33(30)40-5)36(28-16-19-31(34(25-28)41-6)45-22-13-9-2)37(38(39)43-11-4)29-17-20-32(35(26-29)42-7)46-23-14-10-3/h15-20,24-26,36-37H,8-14,21-23H2,1-7H3. The number of benzene rings is 3. The second kappa shape index (κ2) is 19.4. The molecule has 0 aliphatic heterocycles. The molecule has 1 unspecified atom stereocenters. The Morgan fingerprint density at radius 1 is 0.543 bits per heavy atom. The monoisotopic (exact) mass is 636 g/mol. The average Bonchev–Trinajstić information content (AvgIpc) is 3.08. The van der Waals surface area contributed by atoms with E-state index in [0.29, 0.717) is 54.3 Å². The summed E-state index contributed by atoms with van der Waals surface area (Å²) in [5, 5.41) is 0. The molecule has 0 saturated carbocycles. The predicted molar refractivity (Wildman–Crippen MR) is 181 cm³/mol. The first-order valence-electron chi connectivity index (χ1n) is 16.5. The van der Waals surface area contributed by atoms with Gasteiger partial charge in [0.05, 0.1) is 53.7 Å². The van der Waals surface area contributed by atoms with Crippen molar-refractivity contribution in [3.05, 3.63) is 71.3 Å². The van der Waals surface area contributed by atoms with Gasteiger partial charge >= 0.3 is 5.97 Å². The minimum absolute atomic E-state index is 0.235. The maximum Gasteiger partial charge on any atom is 0.314 e. The van der Waals surface area contributed by atoms with Crippen molar-refractivity contribution >= 4 is 5.97 Å². The highest BCUT2D eigenvalue weighted by Gasteiger charge is 2.35. The van der Waals surface area contributed by atoms with Crippen molar-refractivity contribution in [2.24, 2.45) is 0 Å². The van der Waals surface area contributed by atoms with Crippen LogP contribution in [0.2, 0.25) is 0 Å². The second-order valence-corrected chi connectivity index (χ2v) is 11.0. The summed E-state index contributed by atoms with van der Waals surface area (Å²) >= 11 is 0. The van der Waals surface area contributed by atoms with Crippen LogP contribution in [0.5, 0.6) is 34.5 Å². The minimum atomic E-state index is -0.744. The van der Waals surface area contributed by atoms with Crippen LogP contribution in [0.1, 0.15) is 94.7 Å². The number of esters is 1. The molecule has 8 heteroatoms. The first-order chi connectivity index (χ1) is 22.5. The SMILES string of the molecule is CCCCOc1ccc(C(C(=O)OCC)C(c2ccc(OCCCC)c(OC)c2)c2ccc(OCCCC)c(OC)c2)cc1OC. The van der Waals surface area contributed by atoms with Crippen molar-refractivity contribution in [3.63, 3.8) is 0 Å². The lowest BCUT2D eigenvalue weighted by Gasteiger charge is -2.29. The smallest absolute Gasteiger partial charge is 0.314 e. The van der Waals surface area contributed by atoms with Crippen molar-refractivity contribution in [1.29, 1.82) is 0 Å². The van der Waals surface area contributed by atoms with E-state index in [1.54, 1.807) is 21.3 Å². The Morgan fingerprint density at radius 3 is 1.26 bits per heavy atom. The molecule has 0 amide bonds. The maximum atomic E-state index is 14.0. The van der Waals surface area contributed by atoms with Crippen LogP contribution in [-0.2, 0) is 9.53 Å². The first-order valence-corrected chi connectivity index (χ1v) is 16.5. The Morgan fingerprint density at radius 2 is 0.913 bits per heavy atom. The number of methoxy groups -OCH3 is 3. The van der Waals surface area contributed by atoms with Gasteiger partial charge in [-0.3, -0.25) is 4.79 Å². The fourth-order valence-corrected chi connectivity index (χ4v) is 5.24. The zero-order valence-corrected chi connectivity index (χ0v) is 28.7. The summed E-state index contributed by atoms with van der Waals surface area (Å²) in [6.07, 6.45) is 5.87. The third kappa shape index (κ3) is 9.71. The largest absolute Gasteiger partial charge is 0.493 e. The number of rotatable bonds is 21. The van der Waals surface area contributed by atoms with E-state index in [0.717, 1.165) is 55.2 Å². The van der Waals surface area contributed by atoms with E-state index < -0.39 is 11.8 Å². The zero-order chi connectivity index (χ0) is 33.3. The summed E-state index contributed by atoms with van der Waals surface area (Å²) in [6.45, 7) is 10.2. The van der Waals surface area contributed by atoms with Crippen LogP contribution in [0.3, 0.4) is 0 Å². The number of unbranched alkanes of at least 4 members (excludes halogenated alkanes) is 3. The highest BCUT2D eigenvalue weighted by Crippen LogP contribution is 2.46. The molecule has 252 valence electrons. The summed E-state index contributed by atoms with van der Waals surface area (Å²) < 4.78 is 41.1. The molecule has 0 N–H and O–H groups in total. The van der Waals surface area contributed by atoms with Crippen LogP contribution < -0.4 is 28.4 Å². The molecule has 8 nitrogen and oxygen atoms in total. The summed E-state index contributed by atoms with van der Waals surface area (Å²) in [6, 6.07) is 17.3. The molecular formula is C38H52O8. The van der Waals surface area contributed by atoms with E-state index in [1.165, 1.54) is 0 Å². The summed E-state index contributed by atoms with van der Waals surface area (Å²) in [5.41, 5.74) is 2.43. The van der Waals surface area contributed by atoms with Gasteiger partial charge in [0.15, 0.2) is 34.5 Å². The fourth-order valence-electron chi connectivity index (χ4n) is 5.24. The molecule has 3 rings (SSSR count). The molecule has 1 atom stereocenters. The number of hydrogen-bond acceptors (Lipinski definition) is 8. The van der Waals surface area contributed by atoms with E-state index in [4.69, 9.17) is 33.2 Å². The van der Waals surface area contributed by atoms with Gasteiger partial charge in [-0.2, -0.15) is 0 Å². The number of carbonyl (C=O) groups excluding carboxylic acids is 1. The molecule has 0 fully saturated rings. The lowest BCUT2D eigenvalue weighted by atomic mass is 9.76. The van der Waals surface area contributed by atoms with Gasteiger partial charge in [-0.1, -0.05) is 58.2 Å². The van der Waals surface area contributed by atoms with Gasteiger partial charge < -0.3 is 33.2 Å². The molecule has 0 heterocycles. The lowest BCUT2D eigenvalue weighted by molar-refractivity contribution is -0.145. The van der Waals surface area contributed by atoms with Crippen LogP contribution in [0.15, 0.2) is 54.6 Å². The molecular weight excluding hydrogens is 584 g/mol. The molecule has 3 aromatic rings. The van der Waals surface area contributed by atoms with Crippen molar-refractivity contribution in [2.45, 2.75) is 78.1 Å². The van der Waals surface area contributed by atoms with Crippen LogP contribution in [0, 0.1) is 0 Å². The van der Waals surface area contributed by atoms with Crippen molar-refractivity contribution in [3.8, 4) is 34.5 Å². The number of hydrogen-bond donors (Lipinski definition) is 0. The van der Waals surface area contributed by atoms with Crippen LogP contribution in [0.25, 0.3) is 0 Å². The van der Waals surface area contributed by atoms with Gasteiger partial charge in [0.25, 0.3) is 0 Å². The molecule has 0 radical (unpaired) electrons. The van der Waals surface area contributed by atoms with Crippen LogP contribution >= 0.6 is 0 Å². The van der Waals surface area contributed by atoms with E-state index >= 15 is 0 Å². The molecule has 0 aliphatic carbocycles. The molecule has 3 aromatic carbocycles. The van der Waals surface area contributed by atoms with Gasteiger partial charge in [0.1, 0.15) is 0 Å². The van der Waals surface area contributed by atoms with Crippen molar-refractivity contribution in [2.75, 3.05) is 47.8 Å². The van der Waals surface area contributed by atoms with Crippen LogP contribution in [0.4, 0.5) is 0 Å². The predicted octanol–water partition coefficient (Wildman–Crippen LogP) is 8.73. The summed E-state index contributed by atoms with van der Waals surface area (Å²) in [5.74, 6) is 2.06. The Hall–Kier alpha value is -4.07. The highest BCUT2D eigenvalue weighted by molar-refractivity contribution is 5.81. The summed E-state index contributed by atoms with van der Waals surface area (Å²) in [7, 11) is 4.85.